The van der Waals surface area contributed by atoms with Crippen molar-refractivity contribution in [1.29, 1.82) is 0 Å². The van der Waals surface area contributed by atoms with E-state index in [-0.39, 0.29) is 0 Å². The fraction of sp³-hybridized carbons (Fsp3) is 1.00. The van der Waals surface area contributed by atoms with Crippen molar-refractivity contribution in [3.63, 3.8) is 0 Å². The van der Waals surface area contributed by atoms with Crippen molar-refractivity contribution in [3.05, 3.63) is 0 Å². The van der Waals surface area contributed by atoms with Crippen LogP contribution in [0, 0.1) is 5.92 Å². The van der Waals surface area contributed by atoms with E-state index < -0.39 is 0 Å². The summed E-state index contributed by atoms with van der Waals surface area (Å²) in [6, 6.07) is 0.783. The van der Waals surface area contributed by atoms with Gasteiger partial charge in [-0.25, -0.2) is 0 Å². The predicted molar refractivity (Wildman–Crippen MR) is 82.2 cm³/mol. The van der Waals surface area contributed by atoms with Crippen molar-refractivity contribution in [2.45, 2.75) is 62.5 Å². The van der Waals surface area contributed by atoms with Gasteiger partial charge in [0.15, 0.2) is 0 Å². The second kappa shape index (κ2) is 7.30. The lowest BCUT2D eigenvalue weighted by molar-refractivity contribution is 0.434. The zero-order chi connectivity index (χ0) is 12.1. The van der Waals surface area contributed by atoms with Gasteiger partial charge in [0.25, 0.3) is 0 Å². The van der Waals surface area contributed by atoms with Gasteiger partial charge in [0.05, 0.1) is 0 Å². The van der Waals surface area contributed by atoms with Crippen LogP contribution in [-0.2, 0) is 0 Å². The van der Waals surface area contributed by atoms with Crippen LogP contribution in [0.25, 0.3) is 0 Å². The quantitative estimate of drug-likeness (QED) is 0.758. The summed E-state index contributed by atoms with van der Waals surface area (Å²) in [7, 11) is 0. The van der Waals surface area contributed by atoms with Crippen LogP contribution in [0.5, 0.6) is 0 Å². The summed E-state index contributed by atoms with van der Waals surface area (Å²) in [6.45, 7) is 5.85. The molecule has 2 fully saturated rings. The molecule has 1 saturated heterocycles. The van der Waals surface area contributed by atoms with Crippen LogP contribution in [0.2, 0.25) is 0 Å². The smallest absolute Gasteiger partial charge is 0.0320 e. The molecule has 2 rings (SSSR count). The lowest BCUT2D eigenvalue weighted by Gasteiger charge is -2.36. The Bertz CT molecular complexity index is 218. The minimum atomic E-state index is 0.783. The van der Waals surface area contributed by atoms with Crippen LogP contribution in [0.15, 0.2) is 0 Å². The SMILES string of the molecule is CCCNC(CC1CC1)C1SCCSC1CC. The van der Waals surface area contributed by atoms with E-state index in [1.54, 1.807) is 0 Å². The van der Waals surface area contributed by atoms with Gasteiger partial charge >= 0.3 is 0 Å². The van der Waals surface area contributed by atoms with Crippen LogP contribution < -0.4 is 5.32 Å². The third-order valence-electron chi connectivity index (χ3n) is 3.83. The Morgan fingerprint density at radius 3 is 2.59 bits per heavy atom. The molecule has 1 aliphatic carbocycles. The second-order valence-electron chi connectivity index (χ2n) is 5.39. The first-order valence-corrected chi connectivity index (χ1v) is 9.41. The van der Waals surface area contributed by atoms with Crippen molar-refractivity contribution in [2.24, 2.45) is 5.92 Å². The average Bonchev–Trinajstić information content (AvgIpc) is 3.18. The molecule has 100 valence electrons. The molecule has 0 aromatic rings. The van der Waals surface area contributed by atoms with Crippen molar-refractivity contribution in [2.75, 3.05) is 18.1 Å². The molecule has 3 unspecified atom stereocenters. The highest BCUT2D eigenvalue weighted by atomic mass is 32.2. The monoisotopic (exact) mass is 273 g/mol. The molecule has 0 aromatic heterocycles. The van der Waals surface area contributed by atoms with Crippen molar-refractivity contribution in [3.8, 4) is 0 Å². The van der Waals surface area contributed by atoms with Crippen LogP contribution in [0.1, 0.15) is 46.0 Å². The molecule has 0 amide bonds. The van der Waals surface area contributed by atoms with Crippen LogP contribution in [0.4, 0.5) is 0 Å². The molecule has 1 saturated carbocycles. The maximum Gasteiger partial charge on any atom is 0.0320 e. The van der Waals surface area contributed by atoms with Crippen molar-refractivity contribution in [1.82, 2.24) is 5.32 Å². The summed E-state index contributed by atoms with van der Waals surface area (Å²) in [5.41, 5.74) is 0. The standard InChI is InChI=1S/C14H27NS2/c1-3-7-15-12(10-11-5-6-11)14-13(4-2)16-8-9-17-14/h11-15H,3-10H2,1-2H3. The molecular formula is C14H27NS2. The molecule has 3 heteroatoms. The molecule has 0 aromatic carbocycles. The molecule has 0 radical (unpaired) electrons. The van der Waals surface area contributed by atoms with Crippen LogP contribution in [-0.4, -0.2) is 34.6 Å². The molecule has 1 N–H and O–H groups in total. The Morgan fingerprint density at radius 1 is 1.18 bits per heavy atom. The first-order chi connectivity index (χ1) is 8.35. The van der Waals surface area contributed by atoms with Gasteiger partial charge in [0, 0.05) is 28.0 Å². The Hall–Kier alpha value is 0.660. The van der Waals surface area contributed by atoms with E-state index in [2.05, 4.69) is 42.7 Å². The largest absolute Gasteiger partial charge is 0.313 e. The second-order valence-corrected chi connectivity index (χ2v) is 8.03. The Balaban J connectivity index is 1.90. The lowest BCUT2D eigenvalue weighted by Crippen LogP contribution is -2.45. The third kappa shape index (κ3) is 4.36. The van der Waals surface area contributed by atoms with E-state index in [0.717, 1.165) is 22.5 Å². The summed E-state index contributed by atoms with van der Waals surface area (Å²) >= 11 is 4.46. The van der Waals surface area contributed by atoms with E-state index in [1.807, 2.05) is 0 Å². The Kier molecular flexibility index (Phi) is 6.04. The predicted octanol–water partition coefficient (Wildman–Crippen LogP) is 3.78. The number of nitrogens with one attached hydrogen (secondary N) is 1. The van der Waals surface area contributed by atoms with Gasteiger partial charge in [-0.3, -0.25) is 0 Å². The van der Waals surface area contributed by atoms with Crippen LogP contribution in [0.3, 0.4) is 0 Å². The summed E-state index contributed by atoms with van der Waals surface area (Å²) in [5, 5.41) is 5.60. The minimum absolute atomic E-state index is 0.783. The molecule has 1 nitrogen and oxygen atoms in total. The van der Waals surface area contributed by atoms with E-state index in [0.29, 0.717) is 0 Å². The molecule has 1 heterocycles. The van der Waals surface area contributed by atoms with Gasteiger partial charge in [-0.2, -0.15) is 23.5 Å². The van der Waals surface area contributed by atoms with Gasteiger partial charge in [-0.1, -0.05) is 26.7 Å². The highest BCUT2D eigenvalue weighted by Crippen LogP contribution is 2.40. The fourth-order valence-corrected chi connectivity index (χ4v) is 5.97. The van der Waals surface area contributed by atoms with E-state index >= 15 is 0 Å². The molecule has 17 heavy (non-hydrogen) atoms. The highest BCUT2D eigenvalue weighted by Gasteiger charge is 2.35. The van der Waals surface area contributed by atoms with Crippen molar-refractivity contribution < 1.29 is 0 Å². The molecule has 0 bridgehead atoms. The Morgan fingerprint density at radius 2 is 1.94 bits per heavy atom. The Labute approximate surface area is 115 Å². The highest BCUT2D eigenvalue weighted by molar-refractivity contribution is 8.07. The van der Waals surface area contributed by atoms with Crippen LogP contribution >= 0.6 is 23.5 Å². The number of hydrogen-bond acceptors (Lipinski definition) is 3. The van der Waals surface area contributed by atoms with E-state index in [1.165, 1.54) is 50.2 Å². The van der Waals surface area contributed by atoms with Gasteiger partial charge in [0.2, 0.25) is 0 Å². The first kappa shape index (κ1) is 14.1. The maximum atomic E-state index is 3.84. The molecule has 2 aliphatic rings. The summed E-state index contributed by atoms with van der Waals surface area (Å²) < 4.78 is 0. The topological polar surface area (TPSA) is 12.0 Å². The first-order valence-electron chi connectivity index (χ1n) is 7.31. The normalized spacial score (nSPS) is 31.4. The summed E-state index contributed by atoms with van der Waals surface area (Å²) in [5.74, 6) is 3.78. The lowest BCUT2D eigenvalue weighted by atomic mass is 10.0. The molecular weight excluding hydrogens is 246 g/mol. The zero-order valence-electron chi connectivity index (χ0n) is 11.3. The van der Waals surface area contributed by atoms with E-state index in [4.69, 9.17) is 0 Å². The number of rotatable bonds is 7. The van der Waals surface area contributed by atoms with E-state index in [9.17, 15) is 0 Å². The van der Waals surface area contributed by atoms with Crippen molar-refractivity contribution >= 4 is 23.5 Å². The zero-order valence-corrected chi connectivity index (χ0v) is 12.9. The van der Waals surface area contributed by atoms with Gasteiger partial charge in [0.1, 0.15) is 0 Å². The summed E-state index contributed by atoms with van der Waals surface area (Å²) in [4.78, 5) is 0. The maximum absolute atomic E-state index is 3.84. The van der Waals surface area contributed by atoms with Gasteiger partial charge in [-0.15, -0.1) is 0 Å². The molecule has 0 spiro atoms. The number of hydrogen-bond donors (Lipinski definition) is 1. The van der Waals surface area contributed by atoms with Gasteiger partial charge < -0.3 is 5.32 Å². The fourth-order valence-electron chi connectivity index (χ4n) is 2.69. The molecule has 1 aliphatic heterocycles. The minimum Gasteiger partial charge on any atom is -0.313 e. The summed E-state index contributed by atoms with van der Waals surface area (Å²) in [6.07, 6.45) is 7.03. The molecule has 3 atom stereocenters. The average molecular weight is 274 g/mol. The van der Waals surface area contributed by atoms with Gasteiger partial charge in [-0.05, 0) is 31.7 Å². The number of thioether (sulfide) groups is 2. The third-order valence-corrected chi connectivity index (χ3v) is 7.24.